The van der Waals surface area contributed by atoms with Crippen LogP contribution in [-0.2, 0) is 16.6 Å². The number of hydrogen-bond donors (Lipinski definition) is 0. The van der Waals surface area contributed by atoms with Gasteiger partial charge in [-0.3, -0.25) is 0 Å². The van der Waals surface area contributed by atoms with Crippen LogP contribution < -0.4 is 9.47 Å². The Hall–Kier alpha value is -2.29. The molecule has 0 heterocycles. The van der Waals surface area contributed by atoms with Gasteiger partial charge in [-0.1, -0.05) is 64.1 Å². The summed E-state index contributed by atoms with van der Waals surface area (Å²) in [5.41, 5.74) is 1.99. The van der Waals surface area contributed by atoms with Crippen LogP contribution in [0, 0.1) is 0 Å². The Morgan fingerprint density at radius 2 is 1.57 bits per heavy atom. The lowest BCUT2D eigenvalue weighted by Crippen LogP contribution is -2.21. The standard InChI is InChI=1S/C20H24O3/c1-5-15-10-6-8-12-17(15)22-14-19(21)23-18-13-9-7-11-16(18)20(2,3)4/h6-13H,5,14H2,1-4H3. The van der Waals surface area contributed by atoms with Crippen molar-refractivity contribution in [2.24, 2.45) is 0 Å². The molecule has 2 aromatic carbocycles. The zero-order valence-electron chi connectivity index (χ0n) is 14.3. The Morgan fingerprint density at radius 3 is 2.22 bits per heavy atom. The molecular weight excluding hydrogens is 288 g/mol. The van der Waals surface area contributed by atoms with Crippen LogP contribution in [0.2, 0.25) is 0 Å². The first-order valence-electron chi connectivity index (χ1n) is 7.92. The molecule has 0 aliphatic rings. The number of para-hydroxylation sites is 2. The zero-order chi connectivity index (χ0) is 16.9. The molecule has 0 atom stereocenters. The minimum absolute atomic E-state index is 0.0907. The van der Waals surface area contributed by atoms with Gasteiger partial charge >= 0.3 is 5.97 Å². The predicted octanol–water partition coefficient (Wildman–Crippen LogP) is 4.53. The van der Waals surface area contributed by atoms with Crippen LogP contribution in [0.15, 0.2) is 48.5 Å². The van der Waals surface area contributed by atoms with Crippen molar-refractivity contribution in [1.82, 2.24) is 0 Å². The number of benzene rings is 2. The highest BCUT2D eigenvalue weighted by Gasteiger charge is 2.20. The molecule has 122 valence electrons. The molecule has 0 bridgehead atoms. The van der Waals surface area contributed by atoms with Gasteiger partial charge in [-0.2, -0.15) is 0 Å². The first kappa shape index (κ1) is 17.1. The highest BCUT2D eigenvalue weighted by Crippen LogP contribution is 2.31. The maximum absolute atomic E-state index is 12.1. The van der Waals surface area contributed by atoms with Gasteiger partial charge in [-0.05, 0) is 29.5 Å². The second-order valence-corrected chi connectivity index (χ2v) is 6.47. The molecule has 0 fully saturated rings. The van der Waals surface area contributed by atoms with E-state index in [-0.39, 0.29) is 12.0 Å². The van der Waals surface area contributed by atoms with Crippen LogP contribution >= 0.6 is 0 Å². The van der Waals surface area contributed by atoms with Crippen molar-refractivity contribution in [2.45, 2.75) is 39.5 Å². The lowest BCUT2D eigenvalue weighted by Gasteiger charge is -2.22. The molecule has 0 spiro atoms. The molecule has 0 saturated carbocycles. The van der Waals surface area contributed by atoms with Gasteiger partial charge in [0.05, 0.1) is 0 Å². The monoisotopic (exact) mass is 312 g/mol. The fraction of sp³-hybridized carbons (Fsp3) is 0.350. The summed E-state index contributed by atoms with van der Waals surface area (Å²) < 4.78 is 11.1. The van der Waals surface area contributed by atoms with Gasteiger partial charge in [-0.25, -0.2) is 4.79 Å². The van der Waals surface area contributed by atoms with E-state index in [1.807, 2.05) is 48.5 Å². The van der Waals surface area contributed by atoms with Crippen LogP contribution in [0.5, 0.6) is 11.5 Å². The van der Waals surface area contributed by atoms with E-state index in [1.165, 1.54) is 0 Å². The minimum Gasteiger partial charge on any atom is -0.482 e. The maximum Gasteiger partial charge on any atom is 0.349 e. The molecule has 3 nitrogen and oxygen atoms in total. The maximum atomic E-state index is 12.1. The molecule has 3 heteroatoms. The molecule has 23 heavy (non-hydrogen) atoms. The van der Waals surface area contributed by atoms with Crippen molar-refractivity contribution >= 4 is 5.97 Å². The number of rotatable bonds is 5. The largest absolute Gasteiger partial charge is 0.482 e. The third-order valence-electron chi connectivity index (χ3n) is 3.62. The Kier molecular flexibility index (Phi) is 5.43. The van der Waals surface area contributed by atoms with Crippen molar-refractivity contribution < 1.29 is 14.3 Å². The van der Waals surface area contributed by atoms with Crippen molar-refractivity contribution in [3.8, 4) is 11.5 Å². The topological polar surface area (TPSA) is 35.5 Å². The van der Waals surface area contributed by atoms with Crippen LogP contribution in [0.4, 0.5) is 0 Å². The summed E-state index contributed by atoms with van der Waals surface area (Å²) >= 11 is 0. The van der Waals surface area contributed by atoms with Gasteiger partial charge in [0.2, 0.25) is 0 Å². The van der Waals surface area contributed by atoms with Crippen LogP contribution in [0.1, 0.15) is 38.8 Å². The quantitative estimate of drug-likeness (QED) is 0.601. The number of carbonyl (C=O) groups excluding carboxylic acids is 1. The Morgan fingerprint density at radius 1 is 0.957 bits per heavy atom. The summed E-state index contributed by atoms with van der Waals surface area (Å²) in [5.74, 6) is 0.932. The van der Waals surface area contributed by atoms with Gasteiger partial charge in [0.15, 0.2) is 6.61 Å². The van der Waals surface area contributed by atoms with Crippen molar-refractivity contribution in [3.63, 3.8) is 0 Å². The van der Waals surface area contributed by atoms with Crippen LogP contribution in [0.3, 0.4) is 0 Å². The molecule has 2 rings (SSSR count). The summed E-state index contributed by atoms with van der Waals surface area (Å²) in [7, 11) is 0. The molecule has 2 aromatic rings. The SMILES string of the molecule is CCc1ccccc1OCC(=O)Oc1ccccc1C(C)(C)C. The van der Waals surface area contributed by atoms with Gasteiger partial charge in [0, 0.05) is 5.56 Å². The third kappa shape index (κ3) is 4.59. The van der Waals surface area contributed by atoms with E-state index in [9.17, 15) is 4.79 Å². The molecule has 0 aliphatic heterocycles. The average molecular weight is 312 g/mol. The summed E-state index contributed by atoms with van der Waals surface area (Å²) in [4.78, 5) is 12.1. The van der Waals surface area contributed by atoms with Crippen molar-refractivity contribution in [1.29, 1.82) is 0 Å². The van der Waals surface area contributed by atoms with Gasteiger partial charge in [0.25, 0.3) is 0 Å². The van der Waals surface area contributed by atoms with Crippen molar-refractivity contribution in [3.05, 3.63) is 59.7 Å². The molecule has 0 aromatic heterocycles. The summed E-state index contributed by atoms with van der Waals surface area (Å²) in [6.07, 6.45) is 0.859. The van der Waals surface area contributed by atoms with Crippen LogP contribution in [0.25, 0.3) is 0 Å². The third-order valence-corrected chi connectivity index (χ3v) is 3.62. The van der Waals surface area contributed by atoms with E-state index in [2.05, 4.69) is 27.7 Å². The molecule has 0 aliphatic carbocycles. The second-order valence-electron chi connectivity index (χ2n) is 6.47. The predicted molar refractivity (Wildman–Crippen MR) is 92.1 cm³/mol. The molecule has 0 N–H and O–H groups in total. The first-order valence-corrected chi connectivity index (χ1v) is 7.92. The highest BCUT2D eigenvalue weighted by molar-refractivity contribution is 5.74. The molecule has 0 radical (unpaired) electrons. The average Bonchev–Trinajstić information content (AvgIpc) is 2.52. The van der Waals surface area contributed by atoms with Gasteiger partial charge < -0.3 is 9.47 Å². The first-order chi connectivity index (χ1) is 10.9. The van der Waals surface area contributed by atoms with E-state index >= 15 is 0 Å². The Bertz CT molecular complexity index is 669. The van der Waals surface area contributed by atoms with E-state index < -0.39 is 5.97 Å². The van der Waals surface area contributed by atoms with Crippen LogP contribution in [-0.4, -0.2) is 12.6 Å². The van der Waals surface area contributed by atoms with Crippen molar-refractivity contribution in [2.75, 3.05) is 6.61 Å². The molecular formula is C20H24O3. The Balaban J connectivity index is 2.04. The van der Waals surface area contributed by atoms with E-state index in [0.717, 1.165) is 23.3 Å². The summed E-state index contributed by atoms with van der Waals surface area (Å²) in [5, 5.41) is 0. The number of carbonyl (C=O) groups is 1. The lowest BCUT2D eigenvalue weighted by molar-refractivity contribution is -0.136. The lowest BCUT2D eigenvalue weighted by atomic mass is 9.86. The number of ether oxygens (including phenoxy) is 2. The fourth-order valence-electron chi connectivity index (χ4n) is 2.40. The number of esters is 1. The van der Waals surface area contributed by atoms with E-state index in [0.29, 0.717) is 5.75 Å². The summed E-state index contributed by atoms with van der Waals surface area (Å²) in [6, 6.07) is 15.3. The molecule has 0 saturated heterocycles. The molecule has 0 amide bonds. The fourth-order valence-corrected chi connectivity index (χ4v) is 2.40. The smallest absolute Gasteiger partial charge is 0.349 e. The normalized spacial score (nSPS) is 11.1. The second kappa shape index (κ2) is 7.32. The van der Waals surface area contributed by atoms with Gasteiger partial charge in [-0.15, -0.1) is 0 Å². The zero-order valence-corrected chi connectivity index (χ0v) is 14.3. The van der Waals surface area contributed by atoms with E-state index in [1.54, 1.807) is 0 Å². The minimum atomic E-state index is -0.396. The molecule has 0 unspecified atom stereocenters. The summed E-state index contributed by atoms with van der Waals surface area (Å²) in [6.45, 7) is 8.23. The highest BCUT2D eigenvalue weighted by atomic mass is 16.6. The number of hydrogen-bond acceptors (Lipinski definition) is 3. The van der Waals surface area contributed by atoms with Gasteiger partial charge in [0.1, 0.15) is 11.5 Å². The Labute approximate surface area is 138 Å². The van der Waals surface area contributed by atoms with E-state index in [4.69, 9.17) is 9.47 Å². The number of aryl methyl sites for hydroxylation is 1.